The van der Waals surface area contributed by atoms with Gasteiger partial charge in [-0.2, -0.15) is 0 Å². The minimum atomic E-state index is 0.607. The van der Waals surface area contributed by atoms with Gasteiger partial charge in [0.05, 0.1) is 0 Å². The van der Waals surface area contributed by atoms with Crippen LogP contribution in [0.1, 0.15) is 60.3 Å². The zero-order chi connectivity index (χ0) is 13.0. The van der Waals surface area contributed by atoms with Gasteiger partial charge in [-0.05, 0) is 19.3 Å². The lowest BCUT2D eigenvalue weighted by atomic mass is 9.96. The highest BCUT2D eigenvalue weighted by molar-refractivity contribution is 5.24. The van der Waals surface area contributed by atoms with Gasteiger partial charge in [-0.1, -0.05) is 83.4 Å². The lowest BCUT2D eigenvalue weighted by molar-refractivity contribution is 0.582. The Morgan fingerprint density at radius 1 is 1.12 bits per heavy atom. The predicted molar refractivity (Wildman–Crippen MR) is 77.7 cm³/mol. The minimum absolute atomic E-state index is 0.607. The van der Waals surface area contributed by atoms with Gasteiger partial charge >= 0.3 is 0 Å². The largest absolute Gasteiger partial charge is 0.0961 e. The molecule has 0 amide bonds. The van der Waals surface area contributed by atoms with Crippen molar-refractivity contribution in [3.8, 4) is 0 Å². The number of allylic oxidation sites excluding steroid dienone is 4. The number of hydrogen-bond donors (Lipinski definition) is 0. The summed E-state index contributed by atoms with van der Waals surface area (Å²) >= 11 is 0. The van der Waals surface area contributed by atoms with Crippen molar-refractivity contribution in [1.82, 2.24) is 0 Å². The van der Waals surface area contributed by atoms with E-state index in [0.717, 1.165) is 5.57 Å². The van der Waals surface area contributed by atoms with Crippen molar-refractivity contribution in [3.63, 3.8) is 0 Å². The second-order valence-electron chi connectivity index (χ2n) is 4.50. The summed E-state index contributed by atoms with van der Waals surface area (Å²) in [6.07, 6.45) is 9.17. The van der Waals surface area contributed by atoms with Crippen LogP contribution in [-0.4, -0.2) is 0 Å². The lowest BCUT2D eigenvalue weighted by Gasteiger charge is -2.10. The topological polar surface area (TPSA) is 0 Å². The van der Waals surface area contributed by atoms with Crippen molar-refractivity contribution in [1.29, 1.82) is 0 Å². The molecule has 0 radical (unpaired) electrons. The normalized spacial score (nSPS) is 11.8. The fourth-order valence-electron chi connectivity index (χ4n) is 1.11. The predicted octanol–water partition coefficient (Wildman–Crippen LogP) is 5.92. The Hall–Kier alpha value is -0.780. The summed E-state index contributed by atoms with van der Waals surface area (Å²) in [7, 11) is 0. The van der Waals surface area contributed by atoms with Gasteiger partial charge in [-0.15, -0.1) is 0 Å². The van der Waals surface area contributed by atoms with Crippen molar-refractivity contribution >= 4 is 0 Å². The molecule has 0 aromatic carbocycles. The van der Waals surface area contributed by atoms with E-state index in [1.165, 1.54) is 31.3 Å². The van der Waals surface area contributed by atoms with E-state index in [2.05, 4.69) is 46.9 Å². The third-order valence-corrected chi connectivity index (χ3v) is 2.21. The molecule has 0 heterocycles. The summed E-state index contributed by atoms with van der Waals surface area (Å²) in [5, 5.41) is 0. The van der Waals surface area contributed by atoms with Crippen LogP contribution in [0.3, 0.4) is 0 Å². The van der Waals surface area contributed by atoms with Crippen LogP contribution < -0.4 is 0 Å². The van der Waals surface area contributed by atoms with Crippen LogP contribution in [0.5, 0.6) is 0 Å². The van der Waals surface area contributed by atoms with Gasteiger partial charge in [0.1, 0.15) is 0 Å². The van der Waals surface area contributed by atoms with E-state index in [9.17, 15) is 0 Å². The van der Waals surface area contributed by atoms with Crippen LogP contribution in [0, 0.1) is 5.92 Å². The van der Waals surface area contributed by atoms with Crippen molar-refractivity contribution < 1.29 is 0 Å². The molecule has 0 nitrogen and oxygen atoms in total. The molecule has 0 saturated heterocycles. The van der Waals surface area contributed by atoms with Crippen LogP contribution in [0.15, 0.2) is 36.5 Å². The Kier molecular flexibility index (Phi) is 13.5. The summed E-state index contributed by atoms with van der Waals surface area (Å²) in [6, 6.07) is 0. The molecular formula is C16H30. The van der Waals surface area contributed by atoms with Crippen molar-refractivity contribution in [2.75, 3.05) is 0 Å². The van der Waals surface area contributed by atoms with Crippen molar-refractivity contribution in [2.24, 2.45) is 5.92 Å². The van der Waals surface area contributed by atoms with E-state index in [1.54, 1.807) is 0 Å². The average molecular weight is 222 g/mol. The lowest BCUT2D eigenvalue weighted by Crippen LogP contribution is -1.95. The highest BCUT2D eigenvalue weighted by Gasteiger charge is 2.02. The third-order valence-electron chi connectivity index (χ3n) is 2.21. The molecule has 0 rings (SSSR count). The monoisotopic (exact) mass is 222 g/mol. The summed E-state index contributed by atoms with van der Waals surface area (Å²) in [5.74, 6) is 0.607. The third kappa shape index (κ3) is 13.2. The molecule has 1 atom stereocenters. The van der Waals surface area contributed by atoms with Gasteiger partial charge in [0, 0.05) is 0 Å². The van der Waals surface area contributed by atoms with Gasteiger partial charge in [0.2, 0.25) is 0 Å². The smallest absolute Gasteiger partial charge is 0.0196 e. The van der Waals surface area contributed by atoms with Crippen LogP contribution in [-0.2, 0) is 0 Å². The zero-order valence-electron chi connectivity index (χ0n) is 12.0. The van der Waals surface area contributed by atoms with E-state index in [1.807, 2.05) is 13.0 Å². The molecule has 0 aliphatic rings. The Bertz CT molecular complexity index is 208. The number of rotatable bonds is 6. The van der Waals surface area contributed by atoms with E-state index < -0.39 is 0 Å². The van der Waals surface area contributed by atoms with Gasteiger partial charge in [-0.25, -0.2) is 0 Å². The molecule has 0 aliphatic heterocycles. The van der Waals surface area contributed by atoms with Gasteiger partial charge < -0.3 is 0 Å². The molecule has 1 unspecified atom stereocenters. The van der Waals surface area contributed by atoms with E-state index in [-0.39, 0.29) is 0 Å². The molecule has 16 heavy (non-hydrogen) atoms. The van der Waals surface area contributed by atoms with E-state index in [0.29, 0.717) is 5.92 Å². The van der Waals surface area contributed by atoms with Crippen LogP contribution in [0.2, 0.25) is 0 Å². The van der Waals surface area contributed by atoms with Crippen LogP contribution in [0.25, 0.3) is 0 Å². The molecule has 0 spiro atoms. The Morgan fingerprint density at radius 3 is 2.00 bits per heavy atom. The molecule has 0 aromatic heterocycles. The van der Waals surface area contributed by atoms with Gasteiger partial charge in [0.25, 0.3) is 0 Å². The van der Waals surface area contributed by atoms with E-state index >= 15 is 0 Å². The first kappa shape index (κ1) is 17.6. The molecule has 0 heteroatoms. The quantitative estimate of drug-likeness (QED) is 0.489. The second kappa shape index (κ2) is 12.3. The number of hydrogen-bond acceptors (Lipinski definition) is 0. The first-order valence-corrected chi connectivity index (χ1v) is 6.51. The van der Waals surface area contributed by atoms with Crippen LogP contribution >= 0.6 is 0 Å². The standard InChI is InChI=1S/C13H22.C3H8/c1-6-7-8-12(4)13(5)10-9-11(2)3;1-3-2/h9-10,12H,2,5-8H2,1,3-4H3;3H2,1-2H3/b10-9-;. The minimum Gasteiger partial charge on any atom is -0.0961 e. The maximum atomic E-state index is 4.05. The number of unbranched alkanes of at least 4 members (excludes halogenated alkanes) is 1. The molecule has 0 aromatic rings. The first-order chi connectivity index (χ1) is 7.49. The molecule has 94 valence electrons. The zero-order valence-corrected chi connectivity index (χ0v) is 12.0. The Morgan fingerprint density at radius 2 is 1.62 bits per heavy atom. The highest BCUT2D eigenvalue weighted by atomic mass is 14.1. The van der Waals surface area contributed by atoms with Crippen molar-refractivity contribution in [2.45, 2.75) is 60.3 Å². The molecule has 0 saturated carbocycles. The Labute approximate surface area is 103 Å². The Balaban J connectivity index is 0. The molecule has 0 aliphatic carbocycles. The summed E-state index contributed by atoms with van der Waals surface area (Å²) < 4.78 is 0. The summed E-state index contributed by atoms with van der Waals surface area (Å²) in [4.78, 5) is 0. The maximum Gasteiger partial charge on any atom is -0.0196 e. The second-order valence-corrected chi connectivity index (χ2v) is 4.50. The van der Waals surface area contributed by atoms with E-state index in [4.69, 9.17) is 0 Å². The SMILES string of the molecule is C=C(C)/C=C\C(=C)C(C)CCCC.CCC. The highest BCUT2D eigenvalue weighted by Crippen LogP contribution is 2.17. The van der Waals surface area contributed by atoms with Crippen LogP contribution in [0.4, 0.5) is 0 Å². The molecule has 0 N–H and O–H groups in total. The van der Waals surface area contributed by atoms with Gasteiger partial charge in [-0.3, -0.25) is 0 Å². The molecular weight excluding hydrogens is 192 g/mol. The first-order valence-electron chi connectivity index (χ1n) is 6.51. The molecule has 0 bridgehead atoms. The molecule has 0 fully saturated rings. The van der Waals surface area contributed by atoms with Gasteiger partial charge in [0.15, 0.2) is 0 Å². The van der Waals surface area contributed by atoms with Crippen molar-refractivity contribution in [3.05, 3.63) is 36.5 Å². The average Bonchev–Trinajstić information content (AvgIpc) is 2.23. The summed E-state index contributed by atoms with van der Waals surface area (Å²) in [5.41, 5.74) is 2.31. The maximum absolute atomic E-state index is 4.05. The summed E-state index contributed by atoms with van der Waals surface area (Å²) in [6.45, 7) is 18.6. The fourth-order valence-corrected chi connectivity index (χ4v) is 1.11. The fraction of sp³-hybridized carbons (Fsp3) is 0.625.